The van der Waals surface area contributed by atoms with Gasteiger partial charge in [-0.05, 0) is 58.2 Å². The number of ether oxygens (including phenoxy) is 3. The number of rotatable bonds is 8. The summed E-state index contributed by atoms with van der Waals surface area (Å²) >= 11 is 3.41. The highest BCUT2D eigenvalue weighted by Crippen LogP contribution is 2.35. The molecule has 0 fully saturated rings. The third-order valence-corrected chi connectivity index (χ3v) is 5.06. The van der Waals surface area contributed by atoms with E-state index in [-0.39, 0.29) is 23.9 Å². The predicted molar refractivity (Wildman–Crippen MR) is 107 cm³/mol. The lowest BCUT2D eigenvalue weighted by Crippen LogP contribution is -2.02. The lowest BCUT2D eigenvalue weighted by molar-refractivity contribution is -0.140. The van der Waals surface area contributed by atoms with E-state index in [9.17, 15) is 9.18 Å². The maximum atomic E-state index is 14.2. The minimum atomic E-state index is -0.451. The maximum absolute atomic E-state index is 14.2. The molecule has 2 aromatic carbocycles. The zero-order valence-corrected chi connectivity index (χ0v) is 17.5. The molecule has 0 atom stereocenters. The van der Waals surface area contributed by atoms with E-state index in [0.717, 1.165) is 5.56 Å². The van der Waals surface area contributed by atoms with Gasteiger partial charge >= 0.3 is 5.97 Å². The first-order valence-corrected chi connectivity index (χ1v) is 9.57. The number of carbonyl (C=O) groups excluding carboxylic acids is 1. The molecule has 6 nitrogen and oxygen atoms in total. The topological polar surface area (TPSA) is 70.8 Å². The summed E-state index contributed by atoms with van der Waals surface area (Å²) in [5.74, 6) is 0.669. The van der Waals surface area contributed by atoms with Gasteiger partial charge in [0.2, 0.25) is 0 Å². The molecular formula is C21H19BrFNO5. The van der Waals surface area contributed by atoms with Gasteiger partial charge in [0.05, 0.1) is 24.3 Å². The molecule has 3 aromatic rings. The highest BCUT2D eigenvalue weighted by Gasteiger charge is 2.19. The second-order valence-electron chi connectivity index (χ2n) is 6.13. The average Bonchev–Trinajstić information content (AvgIpc) is 3.11. The summed E-state index contributed by atoms with van der Waals surface area (Å²) in [5, 5.41) is 3.98. The molecule has 29 heavy (non-hydrogen) atoms. The van der Waals surface area contributed by atoms with Crippen molar-refractivity contribution >= 4 is 21.9 Å². The Balaban J connectivity index is 1.71. The number of aromatic nitrogens is 1. The molecule has 0 spiro atoms. The Bertz CT molecular complexity index is 1000. The second-order valence-corrected chi connectivity index (χ2v) is 6.92. The Hall–Kier alpha value is -2.87. The first-order valence-electron chi connectivity index (χ1n) is 8.78. The second kappa shape index (κ2) is 9.56. The van der Waals surface area contributed by atoms with Crippen molar-refractivity contribution in [3.63, 3.8) is 0 Å². The Morgan fingerprint density at radius 3 is 2.76 bits per heavy atom. The largest absolute Gasteiger partial charge is 0.497 e. The molecule has 0 aliphatic rings. The summed E-state index contributed by atoms with van der Waals surface area (Å²) in [6.45, 7) is 0.121. The highest BCUT2D eigenvalue weighted by atomic mass is 79.9. The van der Waals surface area contributed by atoms with Gasteiger partial charge in [0, 0.05) is 6.42 Å². The molecular weight excluding hydrogens is 445 g/mol. The molecule has 0 saturated carbocycles. The molecule has 8 heteroatoms. The van der Waals surface area contributed by atoms with Crippen LogP contribution in [0.4, 0.5) is 4.39 Å². The summed E-state index contributed by atoms with van der Waals surface area (Å²) in [6.07, 6.45) is 0.848. The van der Waals surface area contributed by atoms with Crippen LogP contribution in [-0.2, 0) is 22.6 Å². The first kappa shape index (κ1) is 20.9. The summed E-state index contributed by atoms with van der Waals surface area (Å²) < 4.78 is 35.6. The number of carbonyl (C=O) groups is 1. The number of hydrogen-bond acceptors (Lipinski definition) is 6. The molecule has 1 heterocycles. The van der Waals surface area contributed by atoms with E-state index in [1.807, 2.05) is 18.2 Å². The number of methoxy groups -OCH3 is 2. The number of benzene rings is 2. The fourth-order valence-corrected chi connectivity index (χ4v) is 3.14. The Morgan fingerprint density at radius 1 is 1.17 bits per heavy atom. The maximum Gasteiger partial charge on any atom is 0.305 e. The fraction of sp³-hybridized carbons (Fsp3) is 0.238. The quantitative estimate of drug-likeness (QED) is 0.440. The predicted octanol–water partition coefficient (Wildman–Crippen LogP) is 4.94. The van der Waals surface area contributed by atoms with Crippen LogP contribution in [0.5, 0.6) is 11.5 Å². The highest BCUT2D eigenvalue weighted by molar-refractivity contribution is 9.10. The summed E-state index contributed by atoms with van der Waals surface area (Å²) in [6, 6.07) is 11.8. The van der Waals surface area contributed by atoms with Crippen LogP contribution in [0, 0.1) is 5.82 Å². The van der Waals surface area contributed by atoms with E-state index in [1.165, 1.54) is 32.4 Å². The van der Waals surface area contributed by atoms with E-state index in [4.69, 9.17) is 14.0 Å². The first-order chi connectivity index (χ1) is 14.0. The van der Waals surface area contributed by atoms with Crippen LogP contribution in [0.2, 0.25) is 0 Å². The normalized spacial score (nSPS) is 10.6. The van der Waals surface area contributed by atoms with Crippen LogP contribution < -0.4 is 9.47 Å². The smallest absolute Gasteiger partial charge is 0.305 e. The van der Waals surface area contributed by atoms with Crippen molar-refractivity contribution in [2.75, 3.05) is 14.2 Å². The van der Waals surface area contributed by atoms with Crippen molar-refractivity contribution in [1.29, 1.82) is 0 Å². The van der Waals surface area contributed by atoms with Crippen LogP contribution in [0.3, 0.4) is 0 Å². The van der Waals surface area contributed by atoms with Crippen LogP contribution in [0.15, 0.2) is 51.5 Å². The molecule has 0 radical (unpaired) electrons. The summed E-state index contributed by atoms with van der Waals surface area (Å²) in [7, 11) is 2.87. The molecule has 3 rings (SSSR count). The van der Waals surface area contributed by atoms with Gasteiger partial charge in [-0.3, -0.25) is 4.79 Å². The van der Waals surface area contributed by atoms with Crippen molar-refractivity contribution in [3.8, 4) is 22.8 Å². The summed E-state index contributed by atoms with van der Waals surface area (Å²) in [5.41, 5.74) is 1.67. The van der Waals surface area contributed by atoms with E-state index in [0.29, 0.717) is 34.5 Å². The van der Waals surface area contributed by atoms with Crippen molar-refractivity contribution in [2.45, 2.75) is 19.4 Å². The number of halogens is 2. The van der Waals surface area contributed by atoms with Gasteiger partial charge in [0.1, 0.15) is 29.6 Å². The lowest BCUT2D eigenvalue weighted by Gasteiger charge is -2.07. The van der Waals surface area contributed by atoms with Gasteiger partial charge in [0.25, 0.3) is 0 Å². The van der Waals surface area contributed by atoms with Crippen LogP contribution in [0.1, 0.15) is 17.7 Å². The van der Waals surface area contributed by atoms with E-state index < -0.39 is 5.82 Å². The van der Waals surface area contributed by atoms with Crippen LogP contribution in [-0.4, -0.2) is 25.3 Å². The van der Waals surface area contributed by atoms with Gasteiger partial charge in [0.15, 0.2) is 5.76 Å². The number of aryl methyl sites for hydroxylation is 1. The fourth-order valence-electron chi connectivity index (χ4n) is 2.67. The molecule has 0 unspecified atom stereocenters. The van der Waals surface area contributed by atoms with E-state index in [1.54, 1.807) is 6.07 Å². The lowest BCUT2D eigenvalue weighted by atomic mass is 10.1. The van der Waals surface area contributed by atoms with Gasteiger partial charge in [-0.25, -0.2) is 4.39 Å². The Morgan fingerprint density at radius 2 is 2.00 bits per heavy atom. The van der Waals surface area contributed by atoms with Gasteiger partial charge in [-0.15, -0.1) is 0 Å². The minimum Gasteiger partial charge on any atom is -0.497 e. The number of hydrogen-bond donors (Lipinski definition) is 0. The monoisotopic (exact) mass is 463 g/mol. The Labute approximate surface area is 175 Å². The van der Waals surface area contributed by atoms with E-state index in [2.05, 4.69) is 25.8 Å². The molecule has 1 aromatic heterocycles. The molecule has 152 valence electrons. The molecule has 0 N–H and O–H groups in total. The third kappa shape index (κ3) is 5.14. The van der Waals surface area contributed by atoms with Crippen molar-refractivity contribution < 1.29 is 27.9 Å². The number of nitrogens with zero attached hydrogens (tertiary/aromatic N) is 1. The van der Waals surface area contributed by atoms with E-state index >= 15 is 0 Å². The third-order valence-electron chi connectivity index (χ3n) is 4.24. The van der Waals surface area contributed by atoms with Gasteiger partial charge in [-0.1, -0.05) is 17.3 Å². The minimum absolute atomic E-state index is 0.121. The van der Waals surface area contributed by atoms with Crippen molar-refractivity contribution in [1.82, 2.24) is 5.16 Å². The summed E-state index contributed by atoms with van der Waals surface area (Å²) in [4.78, 5) is 11.3. The van der Waals surface area contributed by atoms with Crippen LogP contribution in [0.25, 0.3) is 11.3 Å². The number of esters is 1. The van der Waals surface area contributed by atoms with Crippen LogP contribution >= 0.6 is 15.9 Å². The van der Waals surface area contributed by atoms with Crippen molar-refractivity contribution in [3.05, 3.63) is 64.0 Å². The SMILES string of the molecule is COC(=O)CCc1cccc(OCc2noc(-c3cc(OC)ccc3F)c2Br)c1. The van der Waals surface area contributed by atoms with Crippen molar-refractivity contribution in [2.24, 2.45) is 0 Å². The standard InChI is InChI=1S/C21H19BrFNO5/c1-26-14-7-8-17(23)16(11-14)21-20(22)18(24-29-21)12-28-15-5-3-4-13(10-15)6-9-19(25)27-2/h3-5,7-8,10-11H,6,9,12H2,1-2H3. The zero-order chi connectivity index (χ0) is 20.8. The molecule has 0 aliphatic heterocycles. The molecule has 0 saturated heterocycles. The van der Waals surface area contributed by atoms with Gasteiger partial charge in [-0.2, -0.15) is 0 Å². The Kier molecular flexibility index (Phi) is 6.87. The van der Waals surface area contributed by atoms with Gasteiger partial charge < -0.3 is 18.7 Å². The zero-order valence-electron chi connectivity index (χ0n) is 15.9. The molecule has 0 bridgehead atoms. The molecule has 0 aliphatic carbocycles. The molecule has 0 amide bonds. The average molecular weight is 464 g/mol.